The van der Waals surface area contributed by atoms with Crippen LogP contribution < -0.4 is 10.6 Å². The van der Waals surface area contributed by atoms with E-state index in [1.165, 1.54) is 11.3 Å². The maximum absolute atomic E-state index is 5.93. The quantitative estimate of drug-likeness (QED) is 0.610. The summed E-state index contributed by atoms with van der Waals surface area (Å²) in [5, 5.41) is 0. The maximum atomic E-state index is 5.93. The normalized spacial score (nSPS) is 10.8. The van der Waals surface area contributed by atoms with Gasteiger partial charge in [0.15, 0.2) is 0 Å². The third kappa shape index (κ3) is 4.69. The lowest BCUT2D eigenvalue weighted by Gasteiger charge is -2.24. The zero-order valence-corrected chi connectivity index (χ0v) is 13.9. The number of nitrogens with two attached hydrogens (primary N) is 1. The Bertz CT molecular complexity index is 430. The van der Waals surface area contributed by atoms with Gasteiger partial charge in [-0.3, -0.25) is 0 Å². The van der Waals surface area contributed by atoms with Crippen molar-refractivity contribution in [2.75, 3.05) is 24.2 Å². The molecule has 0 bridgehead atoms. The van der Waals surface area contributed by atoms with Gasteiger partial charge in [-0.1, -0.05) is 39.1 Å². The van der Waals surface area contributed by atoms with Crippen molar-refractivity contribution < 1.29 is 0 Å². The number of hydrogen-bond donors (Lipinski definition) is 1. The van der Waals surface area contributed by atoms with Crippen molar-refractivity contribution in [3.05, 3.63) is 23.8 Å². The molecule has 4 heteroatoms. The van der Waals surface area contributed by atoms with E-state index in [4.69, 9.17) is 18.0 Å². The Hall–Kier alpha value is -0.740. The van der Waals surface area contributed by atoms with E-state index in [1.807, 2.05) is 0 Å². The minimum Gasteiger partial charge on any atom is -0.389 e. The first kappa shape index (κ1) is 16.3. The van der Waals surface area contributed by atoms with E-state index in [2.05, 4.69) is 50.9 Å². The Kier molecular flexibility index (Phi) is 6.66. The highest BCUT2D eigenvalue weighted by molar-refractivity contribution is 7.99. The van der Waals surface area contributed by atoms with Gasteiger partial charge in [0.2, 0.25) is 0 Å². The SMILES string of the molecule is CCSc1cccc(N(C)CCC(C)C)c1C(N)=S. The molecule has 0 aromatic heterocycles. The lowest BCUT2D eigenvalue weighted by atomic mass is 10.1. The molecule has 0 unspecified atom stereocenters. The molecule has 0 aliphatic heterocycles. The molecule has 1 aromatic rings. The van der Waals surface area contributed by atoms with Gasteiger partial charge in [-0.2, -0.15) is 0 Å². The summed E-state index contributed by atoms with van der Waals surface area (Å²) < 4.78 is 0. The fourth-order valence-electron chi connectivity index (χ4n) is 1.93. The van der Waals surface area contributed by atoms with Crippen molar-refractivity contribution in [2.24, 2.45) is 11.7 Å². The van der Waals surface area contributed by atoms with Crippen LogP contribution in [0.25, 0.3) is 0 Å². The fraction of sp³-hybridized carbons (Fsp3) is 0.533. The summed E-state index contributed by atoms with van der Waals surface area (Å²) in [6.45, 7) is 7.65. The van der Waals surface area contributed by atoms with Crippen molar-refractivity contribution in [3.8, 4) is 0 Å². The van der Waals surface area contributed by atoms with Crippen LogP contribution in [0.2, 0.25) is 0 Å². The summed E-state index contributed by atoms with van der Waals surface area (Å²) in [6, 6.07) is 6.29. The second-order valence-electron chi connectivity index (χ2n) is 5.05. The zero-order valence-electron chi connectivity index (χ0n) is 12.3. The average molecular weight is 297 g/mol. The van der Waals surface area contributed by atoms with Gasteiger partial charge in [-0.05, 0) is 30.2 Å². The summed E-state index contributed by atoms with van der Waals surface area (Å²) in [7, 11) is 2.11. The van der Waals surface area contributed by atoms with E-state index in [0.29, 0.717) is 10.9 Å². The lowest BCUT2D eigenvalue weighted by Crippen LogP contribution is -2.24. The van der Waals surface area contributed by atoms with Crippen LogP contribution in [-0.2, 0) is 0 Å². The molecule has 0 fully saturated rings. The molecular weight excluding hydrogens is 272 g/mol. The first-order chi connectivity index (χ1) is 8.97. The molecule has 0 saturated carbocycles. The third-order valence-electron chi connectivity index (χ3n) is 3.00. The van der Waals surface area contributed by atoms with E-state index < -0.39 is 0 Å². The number of thiocarbonyl (C=S) groups is 1. The summed E-state index contributed by atoms with van der Waals surface area (Å²) in [5.74, 6) is 1.72. The maximum Gasteiger partial charge on any atom is 0.107 e. The van der Waals surface area contributed by atoms with Crippen LogP contribution in [0.1, 0.15) is 32.8 Å². The first-order valence-electron chi connectivity index (χ1n) is 6.74. The lowest BCUT2D eigenvalue weighted by molar-refractivity contribution is 0.585. The Morgan fingerprint density at radius 2 is 2.11 bits per heavy atom. The molecule has 2 nitrogen and oxygen atoms in total. The molecule has 0 saturated heterocycles. The molecule has 0 amide bonds. The van der Waals surface area contributed by atoms with Crippen LogP contribution in [-0.4, -0.2) is 24.3 Å². The monoisotopic (exact) mass is 296 g/mol. The predicted molar refractivity (Wildman–Crippen MR) is 91.5 cm³/mol. The summed E-state index contributed by atoms with van der Waals surface area (Å²) in [4.78, 5) is 3.93. The number of nitrogens with zero attached hydrogens (tertiary/aromatic N) is 1. The summed E-state index contributed by atoms with van der Waals surface area (Å²) >= 11 is 7.04. The molecule has 0 atom stereocenters. The molecular formula is C15H24N2S2. The van der Waals surface area contributed by atoms with E-state index in [0.717, 1.165) is 23.5 Å². The Labute approximate surface area is 126 Å². The number of rotatable bonds is 7. The fourth-order valence-corrected chi connectivity index (χ4v) is 3.06. The Morgan fingerprint density at radius 1 is 1.42 bits per heavy atom. The van der Waals surface area contributed by atoms with Crippen molar-refractivity contribution in [1.29, 1.82) is 0 Å². The zero-order chi connectivity index (χ0) is 14.4. The largest absolute Gasteiger partial charge is 0.389 e. The van der Waals surface area contributed by atoms with Gasteiger partial charge in [-0.25, -0.2) is 0 Å². The molecule has 0 radical (unpaired) electrons. The molecule has 0 heterocycles. The highest BCUT2D eigenvalue weighted by Crippen LogP contribution is 2.30. The first-order valence-corrected chi connectivity index (χ1v) is 8.13. The van der Waals surface area contributed by atoms with Crippen molar-refractivity contribution >= 4 is 34.7 Å². The van der Waals surface area contributed by atoms with Crippen molar-refractivity contribution in [3.63, 3.8) is 0 Å². The smallest absolute Gasteiger partial charge is 0.107 e. The minimum atomic E-state index is 0.489. The topological polar surface area (TPSA) is 29.3 Å². The van der Waals surface area contributed by atoms with Gasteiger partial charge in [0.05, 0.1) is 0 Å². The van der Waals surface area contributed by atoms with E-state index in [1.54, 1.807) is 11.8 Å². The molecule has 19 heavy (non-hydrogen) atoms. The minimum absolute atomic E-state index is 0.489. The van der Waals surface area contributed by atoms with Gasteiger partial charge < -0.3 is 10.6 Å². The molecule has 0 aliphatic carbocycles. The van der Waals surface area contributed by atoms with E-state index in [9.17, 15) is 0 Å². The van der Waals surface area contributed by atoms with Crippen LogP contribution in [0.4, 0.5) is 5.69 Å². The molecule has 0 spiro atoms. The second kappa shape index (κ2) is 7.75. The second-order valence-corrected chi connectivity index (χ2v) is 6.80. The summed E-state index contributed by atoms with van der Waals surface area (Å²) in [5.41, 5.74) is 8.10. The van der Waals surface area contributed by atoms with Gasteiger partial charge in [-0.15, -0.1) is 11.8 Å². The van der Waals surface area contributed by atoms with Crippen molar-refractivity contribution in [1.82, 2.24) is 0 Å². The Morgan fingerprint density at radius 3 is 2.63 bits per heavy atom. The third-order valence-corrected chi connectivity index (χ3v) is 4.15. The Balaban J connectivity index is 3.04. The molecule has 0 aliphatic rings. The molecule has 106 valence electrons. The van der Waals surface area contributed by atoms with Gasteiger partial charge in [0.1, 0.15) is 4.99 Å². The molecule has 1 aromatic carbocycles. The van der Waals surface area contributed by atoms with Gasteiger partial charge >= 0.3 is 0 Å². The van der Waals surface area contributed by atoms with Crippen LogP contribution in [0.3, 0.4) is 0 Å². The van der Waals surface area contributed by atoms with Crippen LogP contribution >= 0.6 is 24.0 Å². The number of thioether (sulfide) groups is 1. The van der Waals surface area contributed by atoms with Crippen LogP contribution in [0, 0.1) is 5.92 Å². The van der Waals surface area contributed by atoms with Crippen LogP contribution in [0.15, 0.2) is 23.1 Å². The summed E-state index contributed by atoms with van der Waals surface area (Å²) in [6.07, 6.45) is 1.17. The number of benzene rings is 1. The molecule has 2 N–H and O–H groups in total. The predicted octanol–water partition coefficient (Wildman–Crippen LogP) is 3.92. The van der Waals surface area contributed by atoms with E-state index >= 15 is 0 Å². The molecule has 1 rings (SSSR count). The highest BCUT2D eigenvalue weighted by atomic mass is 32.2. The number of hydrogen-bond acceptors (Lipinski definition) is 3. The van der Waals surface area contributed by atoms with Gasteiger partial charge in [0.25, 0.3) is 0 Å². The van der Waals surface area contributed by atoms with Gasteiger partial charge in [0, 0.05) is 29.7 Å². The standard InChI is InChI=1S/C15H24N2S2/c1-5-19-13-8-6-7-12(14(13)15(16)18)17(4)10-9-11(2)3/h6-8,11H,5,9-10H2,1-4H3,(H2,16,18). The highest BCUT2D eigenvalue weighted by Gasteiger charge is 2.14. The van der Waals surface area contributed by atoms with Crippen LogP contribution in [0.5, 0.6) is 0 Å². The number of anilines is 1. The van der Waals surface area contributed by atoms with Crippen molar-refractivity contribution in [2.45, 2.75) is 32.1 Å². The van der Waals surface area contributed by atoms with E-state index in [-0.39, 0.29) is 0 Å². The average Bonchev–Trinajstić information content (AvgIpc) is 2.35.